The Labute approximate surface area is 105 Å². The van der Waals surface area contributed by atoms with Crippen LogP contribution in [-0.4, -0.2) is 19.7 Å². The van der Waals surface area contributed by atoms with Gasteiger partial charge in [0.05, 0.1) is 0 Å². The summed E-state index contributed by atoms with van der Waals surface area (Å²) in [4.78, 5) is 4.09. The summed E-state index contributed by atoms with van der Waals surface area (Å²) in [5.41, 5.74) is 1.18. The number of hydrogen-bond acceptors (Lipinski definition) is 4. The van der Waals surface area contributed by atoms with Gasteiger partial charge in [-0.1, -0.05) is 23.9 Å². The summed E-state index contributed by atoms with van der Waals surface area (Å²) in [6.45, 7) is 6.43. The van der Waals surface area contributed by atoms with Crippen molar-refractivity contribution in [3.8, 4) is 0 Å². The van der Waals surface area contributed by atoms with E-state index in [2.05, 4.69) is 27.8 Å². The Morgan fingerprint density at radius 2 is 2.35 bits per heavy atom. The lowest BCUT2D eigenvalue weighted by Gasteiger charge is -2.04. The third-order valence-corrected chi connectivity index (χ3v) is 3.34. The van der Waals surface area contributed by atoms with E-state index in [-0.39, 0.29) is 0 Å². The molecule has 0 saturated heterocycles. The molecule has 0 aliphatic carbocycles. The lowest BCUT2D eigenvalue weighted by Crippen LogP contribution is -2.00. The molecule has 17 heavy (non-hydrogen) atoms. The van der Waals surface area contributed by atoms with Crippen molar-refractivity contribution in [2.24, 2.45) is 0 Å². The average molecular weight is 246 g/mol. The Morgan fingerprint density at radius 1 is 1.47 bits per heavy atom. The number of aromatic nitrogens is 4. The van der Waals surface area contributed by atoms with Gasteiger partial charge in [-0.2, -0.15) is 0 Å². The predicted molar refractivity (Wildman–Crippen MR) is 68.8 cm³/mol. The van der Waals surface area contributed by atoms with E-state index in [1.165, 1.54) is 5.56 Å². The van der Waals surface area contributed by atoms with Crippen LogP contribution >= 0.6 is 11.8 Å². The van der Waals surface area contributed by atoms with E-state index in [9.17, 15) is 0 Å². The van der Waals surface area contributed by atoms with Crippen LogP contribution in [0.25, 0.3) is 0 Å². The molecule has 2 aromatic rings. The molecule has 0 bridgehead atoms. The largest absolute Gasteiger partial charge is 0.302 e. The molecule has 0 N–H and O–H groups in total. The number of thioether (sulfide) groups is 1. The minimum Gasteiger partial charge on any atom is -0.302 e. The molecule has 0 fully saturated rings. The highest BCUT2D eigenvalue weighted by molar-refractivity contribution is 7.98. The SMILES string of the molecule is C=CCn1c(C)nnc1SCc1cccnc1. The first-order valence-corrected chi connectivity index (χ1v) is 6.32. The number of hydrogen-bond donors (Lipinski definition) is 0. The van der Waals surface area contributed by atoms with Crippen molar-refractivity contribution in [1.82, 2.24) is 19.7 Å². The maximum absolute atomic E-state index is 4.16. The fourth-order valence-corrected chi connectivity index (χ4v) is 2.37. The number of rotatable bonds is 5. The zero-order chi connectivity index (χ0) is 12.1. The molecule has 0 amide bonds. The van der Waals surface area contributed by atoms with Crippen LogP contribution in [0, 0.1) is 6.92 Å². The van der Waals surface area contributed by atoms with Crippen molar-refractivity contribution in [2.75, 3.05) is 0 Å². The fraction of sp³-hybridized carbons (Fsp3) is 0.250. The van der Waals surface area contributed by atoms with Crippen molar-refractivity contribution in [3.05, 3.63) is 48.6 Å². The van der Waals surface area contributed by atoms with Gasteiger partial charge < -0.3 is 4.57 Å². The Balaban J connectivity index is 2.06. The van der Waals surface area contributed by atoms with Gasteiger partial charge in [0.1, 0.15) is 5.82 Å². The van der Waals surface area contributed by atoms with Gasteiger partial charge in [0.25, 0.3) is 0 Å². The van der Waals surface area contributed by atoms with Gasteiger partial charge in [-0.25, -0.2) is 0 Å². The van der Waals surface area contributed by atoms with E-state index in [4.69, 9.17) is 0 Å². The second-order valence-electron chi connectivity index (χ2n) is 3.58. The van der Waals surface area contributed by atoms with Crippen LogP contribution in [0.4, 0.5) is 0 Å². The summed E-state index contributed by atoms with van der Waals surface area (Å²) in [5.74, 6) is 1.77. The summed E-state index contributed by atoms with van der Waals surface area (Å²) in [6.07, 6.45) is 5.50. The maximum atomic E-state index is 4.16. The fourth-order valence-electron chi connectivity index (χ4n) is 1.44. The second kappa shape index (κ2) is 5.63. The van der Waals surface area contributed by atoms with E-state index < -0.39 is 0 Å². The van der Waals surface area contributed by atoms with E-state index in [0.29, 0.717) is 0 Å². The molecule has 0 radical (unpaired) electrons. The number of nitrogens with zero attached hydrogens (tertiary/aromatic N) is 4. The summed E-state index contributed by atoms with van der Waals surface area (Å²) in [5, 5.41) is 9.16. The number of pyridine rings is 1. The molecule has 0 aliphatic heterocycles. The van der Waals surface area contributed by atoms with Crippen molar-refractivity contribution >= 4 is 11.8 Å². The first-order valence-electron chi connectivity index (χ1n) is 5.33. The standard InChI is InChI=1S/C12H14N4S/c1-3-7-16-10(2)14-15-12(16)17-9-11-5-4-6-13-8-11/h3-6,8H,1,7,9H2,2H3. The molecule has 88 valence electrons. The van der Waals surface area contributed by atoms with E-state index >= 15 is 0 Å². The van der Waals surface area contributed by atoms with Gasteiger partial charge in [-0.3, -0.25) is 4.98 Å². The van der Waals surface area contributed by atoms with Gasteiger partial charge in [0, 0.05) is 24.7 Å². The minimum atomic E-state index is 0.744. The molecule has 0 atom stereocenters. The molecule has 2 heterocycles. The smallest absolute Gasteiger partial charge is 0.191 e. The molecule has 0 spiro atoms. The van der Waals surface area contributed by atoms with Crippen molar-refractivity contribution in [1.29, 1.82) is 0 Å². The molecule has 5 heteroatoms. The highest BCUT2D eigenvalue weighted by atomic mass is 32.2. The van der Waals surface area contributed by atoms with Crippen LogP contribution < -0.4 is 0 Å². The molecule has 0 saturated carbocycles. The Kier molecular flexibility index (Phi) is 3.93. The molecule has 4 nitrogen and oxygen atoms in total. The highest BCUT2D eigenvalue weighted by Crippen LogP contribution is 2.21. The molecule has 2 rings (SSSR count). The van der Waals surface area contributed by atoms with Crippen LogP contribution in [-0.2, 0) is 12.3 Å². The summed E-state index contributed by atoms with van der Waals surface area (Å²) in [7, 11) is 0. The summed E-state index contributed by atoms with van der Waals surface area (Å²) >= 11 is 1.66. The van der Waals surface area contributed by atoms with E-state index in [1.807, 2.05) is 29.8 Å². The van der Waals surface area contributed by atoms with Crippen molar-refractivity contribution in [2.45, 2.75) is 24.4 Å². The maximum Gasteiger partial charge on any atom is 0.191 e. The molecule has 0 aliphatic rings. The van der Waals surface area contributed by atoms with Gasteiger partial charge in [0.2, 0.25) is 0 Å². The topological polar surface area (TPSA) is 43.6 Å². The van der Waals surface area contributed by atoms with Crippen LogP contribution in [0.2, 0.25) is 0 Å². The lowest BCUT2D eigenvalue weighted by molar-refractivity contribution is 0.703. The number of allylic oxidation sites excluding steroid dienone is 1. The van der Waals surface area contributed by atoms with Gasteiger partial charge >= 0.3 is 0 Å². The van der Waals surface area contributed by atoms with Gasteiger partial charge in [0.15, 0.2) is 5.16 Å². The van der Waals surface area contributed by atoms with Crippen molar-refractivity contribution < 1.29 is 0 Å². The third-order valence-electron chi connectivity index (χ3n) is 2.30. The monoisotopic (exact) mass is 246 g/mol. The molecule has 0 aromatic carbocycles. The van der Waals surface area contributed by atoms with Gasteiger partial charge in [-0.15, -0.1) is 16.8 Å². The average Bonchev–Trinajstić information content (AvgIpc) is 2.70. The minimum absolute atomic E-state index is 0.744. The molecular formula is C12H14N4S. The molecule has 0 unspecified atom stereocenters. The third kappa shape index (κ3) is 2.94. The Hall–Kier alpha value is -1.62. The Bertz CT molecular complexity index is 492. The summed E-state index contributed by atoms with van der Waals surface area (Å²) in [6, 6.07) is 4.00. The number of aryl methyl sites for hydroxylation is 1. The lowest BCUT2D eigenvalue weighted by atomic mass is 10.3. The zero-order valence-corrected chi connectivity index (χ0v) is 10.5. The molecule has 2 aromatic heterocycles. The van der Waals surface area contributed by atoms with Crippen LogP contribution in [0.5, 0.6) is 0 Å². The highest BCUT2D eigenvalue weighted by Gasteiger charge is 2.07. The molecular weight excluding hydrogens is 232 g/mol. The van der Waals surface area contributed by atoms with Crippen LogP contribution in [0.15, 0.2) is 42.3 Å². The van der Waals surface area contributed by atoms with Crippen LogP contribution in [0.1, 0.15) is 11.4 Å². The zero-order valence-electron chi connectivity index (χ0n) is 9.71. The predicted octanol–water partition coefficient (Wildman–Crippen LogP) is 2.46. The first-order chi connectivity index (χ1) is 8.31. The first kappa shape index (κ1) is 11.9. The van der Waals surface area contributed by atoms with Crippen molar-refractivity contribution in [3.63, 3.8) is 0 Å². The quantitative estimate of drug-likeness (QED) is 0.600. The van der Waals surface area contributed by atoms with E-state index in [1.54, 1.807) is 18.0 Å². The normalized spacial score (nSPS) is 10.4. The summed E-state index contributed by atoms with van der Waals surface area (Å²) < 4.78 is 2.05. The Morgan fingerprint density at radius 3 is 3.06 bits per heavy atom. The van der Waals surface area contributed by atoms with E-state index in [0.717, 1.165) is 23.3 Å². The second-order valence-corrected chi connectivity index (χ2v) is 4.52. The van der Waals surface area contributed by atoms with Crippen LogP contribution in [0.3, 0.4) is 0 Å². The van der Waals surface area contributed by atoms with Gasteiger partial charge in [-0.05, 0) is 18.6 Å².